The van der Waals surface area contributed by atoms with Crippen LogP contribution in [0.4, 0.5) is 5.69 Å². The molecule has 0 unspecified atom stereocenters. The van der Waals surface area contributed by atoms with Gasteiger partial charge in [0.2, 0.25) is 0 Å². The van der Waals surface area contributed by atoms with E-state index in [1.807, 2.05) is 6.07 Å². The maximum absolute atomic E-state index is 11.9. The molecule has 1 aromatic carbocycles. The van der Waals surface area contributed by atoms with Crippen LogP contribution in [0.5, 0.6) is 0 Å². The maximum atomic E-state index is 11.9. The molecule has 6 heteroatoms. The number of benzene rings is 1. The molecule has 2 aromatic rings. The Balaban J connectivity index is 2.07. The van der Waals surface area contributed by atoms with Crippen molar-refractivity contribution in [2.24, 2.45) is 0 Å². The SMILES string of the molecule is N#Cc1cc(COC(=O)c2ccc(Cl)cc2N)ccn1. The monoisotopic (exact) mass is 287 g/mol. The molecule has 2 N–H and O–H groups in total. The van der Waals surface area contributed by atoms with Gasteiger partial charge in [0.05, 0.1) is 5.56 Å². The standard InChI is InChI=1S/C14H10ClN3O2/c15-10-1-2-12(13(17)6-10)14(19)20-8-9-3-4-18-11(5-9)7-16/h1-6H,8,17H2. The van der Waals surface area contributed by atoms with E-state index in [9.17, 15) is 4.79 Å². The van der Waals surface area contributed by atoms with Crippen LogP contribution in [0.15, 0.2) is 36.5 Å². The smallest absolute Gasteiger partial charge is 0.340 e. The van der Waals surface area contributed by atoms with Crippen molar-refractivity contribution in [3.05, 3.63) is 58.4 Å². The summed E-state index contributed by atoms with van der Waals surface area (Å²) >= 11 is 5.76. The number of anilines is 1. The topological polar surface area (TPSA) is 89.0 Å². The lowest BCUT2D eigenvalue weighted by Gasteiger charge is -2.07. The first-order valence-corrected chi connectivity index (χ1v) is 6.05. The fourth-order valence-electron chi connectivity index (χ4n) is 1.57. The van der Waals surface area contributed by atoms with E-state index in [-0.39, 0.29) is 23.6 Å². The number of carbonyl (C=O) groups is 1. The molecule has 0 bridgehead atoms. The van der Waals surface area contributed by atoms with Crippen molar-refractivity contribution in [2.45, 2.75) is 6.61 Å². The highest BCUT2D eigenvalue weighted by Gasteiger charge is 2.11. The summed E-state index contributed by atoms with van der Waals surface area (Å²) in [7, 11) is 0. The van der Waals surface area contributed by atoms with Crippen LogP contribution in [0.2, 0.25) is 5.02 Å². The second-order valence-electron chi connectivity index (χ2n) is 3.97. The number of hydrogen-bond acceptors (Lipinski definition) is 5. The zero-order chi connectivity index (χ0) is 14.5. The van der Waals surface area contributed by atoms with Gasteiger partial charge in [0.25, 0.3) is 0 Å². The Hall–Kier alpha value is -2.58. The molecule has 100 valence electrons. The summed E-state index contributed by atoms with van der Waals surface area (Å²) in [6, 6.07) is 9.69. The van der Waals surface area contributed by atoms with Gasteiger partial charge in [-0.25, -0.2) is 9.78 Å². The van der Waals surface area contributed by atoms with Gasteiger partial charge in [-0.15, -0.1) is 0 Å². The number of nitrogen functional groups attached to an aromatic ring is 1. The van der Waals surface area contributed by atoms with E-state index < -0.39 is 5.97 Å². The number of esters is 1. The minimum Gasteiger partial charge on any atom is -0.457 e. The lowest BCUT2D eigenvalue weighted by Crippen LogP contribution is -2.08. The molecule has 0 aliphatic heterocycles. The number of ether oxygens (including phenoxy) is 1. The van der Waals surface area contributed by atoms with Crippen LogP contribution in [-0.2, 0) is 11.3 Å². The molecule has 2 rings (SSSR count). The lowest BCUT2D eigenvalue weighted by atomic mass is 10.2. The first kappa shape index (κ1) is 13.8. The molecule has 0 spiro atoms. The first-order chi connectivity index (χ1) is 9.60. The predicted octanol–water partition coefficient (Wildman–Crippen LogP) is 2.55. The number of aromatic nitrogens is 1. The molecule has 0 radical (unpaired) electrons. The minimum absolute atomic E-state index is 0.0398. The molecular weight excluding hydrogens is 278 g/mol. The molecule has 0 amide bonds. The first-order valence-electron chi connectivity index (χ1n) is 5.67. The van der Waals surface area contributed by atoms with Gasteiger partial charge >= 0.3 is 5.97 Å². The Morgan fingerprint density at radius 3 is 2.90 bits per heavy atom. The molecule has 1 heterocycles. The third kappa shape index (κ3) is 3.25. The van der Waals surface area contributed by atoms with Gasteiger partial charge in [-0.3, -0.25) is 0 Å². The van der Waals surface area contributed by atoms with E-state index in [1.165, 1.54) is 18.3 Å². The van der Waals surface area contributed by atoms with E-state index in [0.717, 1.165) is 0 Å². The van der Waals surface area contributed by atoms with Crippen LogP contribution in [0.3, 0.4) is 0 Å². The summed E-state index contributed by atoms with van der Waals surface area (Å²) < 4.78 is 5.14. The van der Waals surface area contributed by atoms with E-state index in [1.54, 1.807) is 18.2 Å². The van der Waals surface area contributed by atoms with Crippen molar-refractivity contribution in [3.8, 4) is 6.07 Å². The van der Waals surface area contributed by atoms with E-state index >= 15 is 0 Å². The van der Waals surface area contributed by atoms with Gasteiger partial charge in [0.1, 0.15) is 18.4 Å². The number of nitrogens with two attached hydrogens (primary N) is 1. The van der Waals surface area contributed by atoms with Crippen LogP contribution >= 0.6 is 11.6 Å². The van der Waals surface area contributed by atoms with Crippen LogP contribution < -0.4 is 5.73 Å². The quantitative estimate of drug-likeness (QED) is 0.692. The number of pyridine rings is 1. The predicted molar refractivity (Wildman–Crippen MR) is 73.9 cm³/mol. The number of halogens is 1. The molecular formula is C14H10ClN3O2. The highest BCUT2D eigenvalue weighted by molar-refractivity contribution is 6.31. The minimum atomic E-state index is -0.547. The maximum Gasteiger partial charge on any atom is 0.340 e. The van der Waals surface area contributed by atoms with Crippen molar-refractivity contribution < 1.29 is 9.53 Å². The van der Waals surface area contributed by atoms with Gasteiger partial charge in [-0.2, -0.15) is 5.26 Å². The second-order valence-corrected chi connectivity index (χ2v) is 4.41. The summed E-state index contributed by atoms with van der Waals surface area (Å²) in [6.45, 7) is 0.0398. The zero-order valence-corrected chi connectivity index (χ0v) is 11.1. The van der Waals surface area contributed by atoms with Crippen molar-refractivity contribution in [3.63, 3.8) is 0 Å². The highest BCUT2D eigenvalue weighted by atomic mass is 35.5. The average molecular weight is 288 g/mol. The van der Waals surface area contributed by atoms with Gasteiger partial charge in [0, 0.05) is 16.9 Å². The Kier molecular flexibility index (Phi) is 4.18. The van der Waals surface area contributed by atoms with E-state index in [0.29, 0.717) is 10.6 Å². The van der Waals surface area contributed by atoms with E-state index in [4.69, 9.17) is 27.3 Å². The molecule has 0 saturated carbocycles. The number of carbonyl (C=O) groups excluding carboxylic acids is 1. The van der Waals surface area contributed by atoms with Gasteiger partial charge < -0.3 is 10.5 Å². The van der Waals surface area contributed by atoms with Crippen LogP contribution in [0.1, 0.15) is 21.6 Å². The largest absolute Gasteiger partial charge is 0.457 e. The van der Waals surface area contributed by atoms with Crippen molar-refractivity contribution in [2.75, 3.05) is 5.73 Å². The Labute approximate surface area is 120 Å². The van der Waals surface area contributed by atoms with Crippen LogP contribution in [-0.4, -0.2) is 11.0 Å². The number of rotatable bonds is 3. The number of nitriles is 1. The summed E-state index contributed by atoms with van der Waals surface area (Å²) in [5, 5.41) is 9.18. The normalized spacial score (nSPS) is 9.80. The average Bonchev–Trinajstić information content (AvgIpc) is 2.45. The van der Waals surface area contributed by atoms with Crippen molar-refractivity contribution >= 4 is 23.3 Å². The lowest BCUT2D eigenvalue weighted by molar-refractivity contribution is 0.0474. The molecule has 0 saturated heterocycles. The molecule has 20 heavy (non-hydrogen) atoms. The molecule has 5 nitrogen and oxygen atoms in total. The molecule has 0 aliphatic rings. The Morgan fingerprint density at radius 2 is 2.20 bits per heavy atom. The van der Waals surface area contributed by atoms with Gasteiger partial charge in [0.15, 0.2) is 0 Å². The number of nitrogens with zero attached hydrogens (tertiary/aromatic N) is 2. The van der Waals surface area contributed by atoms with Gasteiger partial charge in [-0.1, -0.05) is 11.6 Å². The third-order valence-corrected chi connectivity index (χ3v) is 2.78. The molecule has 0 aliphatic carbocycles. The Morgan fingerprint density at radius 1 is 1.40 bits per heavy atom. The third-order valence-electron chi connectivity index (χ3n) is 2.54. The summed E-state index contributed by atoms with van der Waals surface area (Å²) in [6.07, 6.45) is 1.48. The highest BCUT2D eigenvalue weighted by Crippen LogP contribution is 2.19. The fraction of sp³-hybridized carbons (Fsp3) is 0.0714. The molecule has 0 atom stereocenters. The van der Waals surface area contributed by atoms with Crippen molar-refractivity contribution in [1.29, 1.82) is 5.26 Å². The van der Waals surface area contributed by atoms with Gasteiger partial charge in [-0.05, 0) is 35.9 Å². The number of hydrogen-bond donors (Lipinski definition) is 1. The van der Waals surface area contributed by atoms with Crippen molar-refractivity contribution in [1.82, 2.24) is 4.98 Å². The zero-order valence-electron chi connectivity index (χ0n) is 10.3. The fourth-order valence-corrected chi connectivity index (χ4v) is 1.75. The summed E-state index contributed by atoms with van der Waals surface area (Å²) in [4.78, 5) is 15.7. The Bertz CT molecular complexity index is 695. The summed E-state index contributed by atoms with van der Waals surface area (Å²) in [5.41, 5.74) is 7.16. The second kappa shape index (κ2) is 6.04. The molecule has 1 aromatic heterocycles. The van der Waals surface area contributed by atoms with Crippen LogP contribution in [0, 0.1) is 11.3 Å². The van der Waals surface area contributed by atoms with Crippen LogP contribution in [0.25, 0.3) is 0 Å². The molecule has 0 fully saturated rings. The summed E-state index contributed by atoms with van der Waals surface area (Å²) in [5.74, 6) is -0.547. The van der Waals surface area contributed by atoms with E-state index in [2.05, 4.69) is 4.98 Å².